The number of hydrogen-bond donors (Lipinski definition) is 1. The van der Waals surface area contributed by atoms with Crippen LogP contribution in [0.5, 0.6) is 0 Å². The smallest absolute Gasteiger partial charge is 0.253 e. The maximum Gasteiger partial charge on any atom is 0.253 e. The number of carbonyl (C=O) groups is 1. The highest BCUT2D eigenvalue weighted by Gasteiger charge is 2.28. The predicted molar refractivity (Wildman–Crippen MR) is 77.2 cm³/mol. The summed E-state index contributed by atoms with van der Waals surface area (Å²) in [5.41, 5.74) is 1.22. The van der Waals surface area contributed by atoms with E-state index in [1.54, 1.807) is 31.0 Å². The summed E-state index contributed by atoms with van der Waals surface area (Å²) in [4.78, 5) is 13.9. The standard InChI is InChI=1S/C14H20N2O3S/c1-4-16(3)14(17)13-9-12(8-5-10(13)2)20(18,19)15-11-6-7-11/h5,8-9,11,15H,4,6-7H2,1-3H3. The molecule has 0 bridgehead atoms. The van der Waals surface area contributed by atoms with E-state index in [0.29, 0.717) is 12.1 Å². The van der Waals surface area contributed by atoms with Crippen molar-refractivity contribution in [1.29, 1.82) is 0 Å². The van der Waals surface area contributed by atoms with Gasteiger partial charge in [-0.15, -0.1) is 0 Å². The number of hydrogen-bond acceptors (Lipinski definition) is 3. The zero-order valence-corrected chi connectivity index (χ0v) is 12.8. The molecule has 0 aliphatic heterocycles. The molecular weight excluding hydrogens is 276 g/mol. The fourth-order valence-electron chi connectivity index (χ4n) is 1.84. The Hall–Kier alpha value is -1.40. The molecule has 1 fully saturated rings. The third-order valence-electron chi connectivity index (χ3n) is 3.47. The van der Waals surface area contributed by atoms with Gasteiger partial charge < -0.3 is 4.90 Å². The summed E-state index contributed by atoms with van der Waals surface area (Å²) in [5, 5.41) is 0. The molecule has 1 amide bonds. The van der Waals surface area contributed by atoms with Crippen molar-refractivity contribution in [1.82, 2.24) is 9.62 Å². The van der Waals surface area contributed by atoms with E-state index < -0.39 is 10.0 Å². The molecular formula is C14H20N2O3S. The lowest BCUT2D eigenvalue weighted by molar-refractivity contribution is 0.0801. The highest BCUT2D eigenvalue weighted by molar-refractivity contribution is 7.89. The van der Waals surface area contributed by atoms with Gasteiger partial charge >= 0.3 is 0 Å². The van der Waals surface area contributed by atoms with Gasteiger partial charge in [-0.25, -0.2) is 13.1 Å². The van der Waals surface area contributed by atoms with Crippen molar-refractivity contribution in [3.05, 3.63) is 29.3 Å². The Bertz CT molecular complexity index is 621. The first kappa shape index (κ1) is 15.0. The number of benzene rings is 1. The average molecular weight is 296 g/mol. The molecule has 1 N–H and O–H groups in total. The Labute approximate surface area is 120 Å². The third kappa shape index (κ3) is 3.19. The van der Waals surface area contributed by atoms with Gasteiger partial charge in [-0.05, 0) is 44.4 Å². The SMILES string of the molecule is CCN(C)C(=O)c1cc(S(=O)(=O)NC2CC2)ccc1C. The van der Waals surface area contributed by atoms with Gasteiger partial charge in [0.05, 0.1) is 4.90 Å². The van der Waals surface area contributed by atoms with Gasteiger partial charge in [0.2, 0.25) is 10.0 Å². The van der Waals surface area contributed by atoms with Crippen LogP contribution in [0.1, 0.15) is 35.7 Å². The average Bonchev–Trinajstić information content (AvgIpc) is 3.20. The Kier molecular flexibility index (Phi) is 4.15. The van der Waals surface area contributed by atoms with Crippen molar-refractivity contribution in [2.75, 3.05) is 13.6 Å². The first-order valence-corrected chi connectivity index (χ1v) is 8.22. The molecule has 110 valence electrons. The van der Waals surface area contributed by atoms with Crippen LogP contribution in [-0.2, 0) is 10.0 Å². The summed E-state index contributed by atoms with van der Waals surface area (Å²) in [6.45, 7) is 4.26. The Balaban J connectivity index is 2.35. The lowest BCUT2D eigenvalue weighted by atomic mass is 10.1. The van der Waals surface area contributed by atoms with Crippen LogP contribution in [0.2, 0.25) is 0 Å². The normalized spacial score (nSPS) is 15.2. The molecule has 20 heavy (non-hydrogen) atoms. The van der Waals surface area contributed by atoms with Gasteiger partial charge in [0.1, 0.15) is 0 Å². The zero-order valence-electron chi connectivity index (χ0n) is 12.0. The number of nitrogens with zero attached hydrogens (tertiary/aromatic N) is 1. The van der Waals surface area contributed by atoms with Gasteiger partial charge in [-0.3, -0.25) is 4.79 Å². The first-order chi connectivity index (χ1) is 9.35. The third-order valence-corrected chi connectivity index (χ3v) is 4.99. The zero-order chi connectivity index (χ0) is 14.9. The summed E-state index contributed by atoms with van der Waals surface area (Å²) in [7, 11) is -1.82. The fraction of sp³-hybridized carbons (Fsp3) is 0.500. The molecule has 6 heteroatoms. The first-order valence-electron chi connectivity index (χ1n) is 6.73. The number of carbonyl (C=O) groups excluding carboxylic acids is 1. The maximum absolute atomic E-state index is 12.2. The molecule has 0 atom stereocenters. The van der Waals surface area contributed by atoms with Crippen molar-refractivity contribution >= 4 is 15.9 Å². The second-order valence-corrected chi connectivity index (χ2v) is 6.91. The number of aryl methyl sites for hydroxylation is 1. The van der Waals surface area contributed by atoms with Crippen LogP contribution in [0.3, 0.4) is 0 Å². The number of sulfonamides is 1. The molecule has 0 unspecified atom stereocenters. The lowest BCUT2D eigenvalue weighted by Crippen LogP contribution is -2.28. The van der Waals surface area contributed by atoms with Crippen molar-refractivity contribution in [3.8, 4) is 0 Å². The van der Waals surface area contributed by atoms with E-state index in [4.69, 9.17) is 0 Å². The van der Waals surface area contributed by atoms with E-state index in [1.165, 1.54) is 6.07 Å². The minimum Gasteiger partial charge on any atom is -0.342 e. The second kappa shape index (κ2) is 5.54. The second-order valence-electron chi connectivity index (χ2n) is 5.19. The van der Waals surface area contributed by atoms with E-state index in [2.05, 4.69) is 4.72 Å². The molecule has 0 saturated heterocycles. The monoisotopic (exact) mass is 296 g/mol. The van der Waals surface area contributed by atoms with Crippen LogP contribution in [0.15, 0.2) is 23.1 Å². The molecule has 0 radical (unpaired) electrons. The fourth-order valence-corrected chi connectivity index (χ4v) is 3.17. The molecule has 2 rings (SSSR count). The number of rotatable bonds is 5. The summed E-state index contributed by atoms with van der Waals surface area (Å²) in [6, 6.07) is 4.74. The minimum atomic E-state index is -3.52. The molecule has 0 aromatic heterocycles. The number of amides is 1. The van der Waals surface area contributed by atoms with Gasteiger partial charge in [0.25, 0.3) is 5.91 Å². The summed E-state index contributed by atoms with van der Waals surface area (Å²) < 4.78 is 27.0. The molecule has 0 heterocycles. The Morgan fingerprint density at radius 2 is 2.05 bits per heavy atom. The van der Waals surface area contributed by atoms with Gasteiger partial charge in [0, 0.05) is 25.2 Å². The van der Waals surface area contributed by atoms with Gasteiger partial charge in [-0.1, -0.05) is 6.07 Å². The van der Waals surface area contributed by atoms with Crippen LogP contribution in [0.4, 0.5) is 0 Å². The van der Waals surface area contributed by atoms with E-state index >= 15 is 0 Å². The quantitative estimate of drug-likeness (QED) is 0.896. The van der Waals surface area contributed by atoms with Crippen LogP contribution < -0.4 is 4.72 Å². The van der Waals surface area contributed by atoms with Crippen LogP contribution in [0.25, 0.3) is 0 Å². The molecule has 1 aliphatic carbocycles. The molecule has 1 saturated carbocycles. The van der Waals surface area contributed by atoms with Gasteiger partial charge in [0.15, 0.2) is 0 Å². The topological polar surface area (TPSA) is 66.5 Å². The van der Waals surface area contributed by atoms with Crippen molar-refractivity contribution in [2.24, 2.45) is 0 Å². The van der Waals surface area contributed by atoms with Crippen molar-refractivity contribution in [3.63, 3.8) is 0 Å². The maximum atomic E-state index is 12.2. The molecule has 0 spiro atoms. The van der Waals surface area contributed by atoms with Crippen LogP contribution in [-0.4, -0.2) is 38.9 Å². The summed E-state index contributed by atoms with van der Waals surface area (Å²) in [6.07, 6.45) is 1.77. The minimum absolute atomic E-state index is 0.0544. The largest absolute Gasteiger partial charge is 0.342 e. The summed E-state index contributed by atoms with van der Waals surface area (Å²) in [5.74, 6) is -0.159. The predicted octanol–water partition coefficient (Wildman–Crippen LogP) is 1.53. The van der Waals surface area contributed by atoms with Crippen LogP contribution >= 0.6 is 0 Å². The molecule has 5 nitrogen and oxygen atoms in total. The molecule has 1 aromatic carbocycles. The molecule has 1 aliphatic rings. The summed E-state index contributed by atoms with van der Waals surface area (Å²) >= 11 is 0. The van der Waals surface area contributed by atoms with E-state index in [9.17, 15) is 13.2 Å². The van der Waals surface area contributed by atoms with Crippen molar-refractivity contribution < 1.29 is 13.2 Å². The number of nitrogens with one attached hydrogen (secondary N) is 1. The highest BCUT2D eigenvalue weighted by atomic mass is 32.2. The van der Waals surface area contributed by atoms with E-state index in [1.807, 2.05) is 6.92 Å². The Morgan fingerprint density at radius 1 is 1.40 bits per heavy atom. The van der Waals surface area contributed by atoms with E-state index in [0.717, 1.165) is 18.4 Å². The highest BCUT2D eigenvalue weighted by Crippen LogP contribution is 2.23. The molecule has 1 aromatic rings. The lowest BCUT2D eigenvalue weighted by Gasteiger charge is -2.17. The van der Waals surface area contributed by atoms with E-state index in [-0.39, 0.29) is 16.8 Å². The van der Waals surface area contributed by atoms with Gasteiger partial charge in [-0.2, -0.15) is 0 Å². The van der Waals surface area contributed by atoms with Crippen molar-refractivity contribution in [2.45, 2.75) is 37.6 Å². The Morgan fingerprint density at radius 3 is 2.60 bits per heavy atom. The van der Waals surface area contributed by atoms with Crippen LogP contribution in [0, 0.1) is 6.92 Å².